The summed E-state index contributed by atoms with van der Waals surface area (Å²) in [7, 11) is 0. The summed E-state index contributed by atoms with van der Waals surface area (Å²) in [4.78, 5) is 4.17. The first-order valence-electron chi connectivity index (χ1n) is 3.94. The summed E-state index contributed by atoms with van der Waals surface area (Å²) in [5.74, 6) is 0. The largest absolute Gasteiger partial charge is 0.389 e. The van der Waals surface area contributed by atoms with Crippen molar-refractivity contribution in [2.75, 3.05) is 11.5 Å². The maximum atomic E-state index is 5.78. The summed E-state index contributed by atoms with van der Waals surface area (Å²) in [6, 6.07) is 7.80. The molecule has 5 heteroatoms. The first kappa shape index (κ1) is 9.48. The highest BCUT2D eigenvalue weighted by Crippen LogP contribution is 2.32. The molecule has 1 heterocycles. The van der Waals surface area contributed by atoms with Gasteiger partial charge in [0.05, 0.1) is 0 Å². The fraction of sp³-hybridized carbons (Fsp3) is 0. The smallest absolute Gasteiger partial charge is 0.182 e. The molecule has 0 fully saturated rings. The van der Waals surface area contributed by atoms with Crippen molar-refractivity contribution in [1.29, 1.82) is 0 Å². The molecule has 0 spiro atoms. The van der Waals surface area contributed by atoms with Crippen molar-refractivity contribution in [3.8, 4) is 11.3 Å². The number of rotatable bonds is 1. The van der Waals surface area contributed by atoms with Crippen LogP contribution in [-0.2, 0) is 0 Å². The lowest BCUT2D eigenvalue weighted by atomic mass is 10.2. The third-order valence-electron chi connectivity index (χ3n) is 1.79. The van der Waals surface area contributed by atoms with Crippen LogP contribution >= 0.6 is 27.3 Å². The number of hydrogen-bond donors (Lipinski definition) is 2. The molecule has 14 heavy (non-hydrogen) atoms. The molecule has 0 radical (unpaired) electrons. The Morgan fingerprint density at radius 2 is 1.79 bits per heavy atom. The second-order valence-corrected chi connectivity index (χ2v) is 4.75. The molecule has 0 amide bonds. The lowest BCUT2D eigenvalue weighted by Crippen LogP contribution is -1.86. The molecule has 1 aromatic heterocycles. The maximum absolute atomic E-state index is 5.78. The van der Waals surface area contributed by atoms with E-state index in [1.807, 2.05) is 24.3 Å². The number of nitrogen functional groups attached to an aromatic ring is 2. The van der Waals surface area contributed by atoms with E-state index in [4.69, 9.17) is 11.5 Å². The van der Waals surface area contributed by atoms with Crippen LogP contribution in [0.3, 0.4) is 0 Å². The number of nitrogens with two attached hydrogens (primary N) is 2. The van der Waals surface area contributed by atoms with Crippen molar-refractivity contribution >= 4 is 37.4 Å². The Bertz CT molecular complexity index is 450. The van der Waals surface area contributed by atoms with Gasteiger partial charge in [0.25, 0.3) is 0 Å². The molecule has 0 aliphatic heterocycles. The van der Waals surface area contributed by atoms with E-state index in [0.717, 1.165) is 15.7 Å². The molecule has 2 aromatic rings. The topological polar surface area (TPSA) is 64.9 Å². The molecule has 0 unspecified atom stereocenters. The number of halogens is 1. The zero-order chi connectivity index (χ0) is 10.1. The van der Waals surface area contributed by atoms with E-state index in [1.54, 1.807) is 0 Å². The van der Waals surface area contributed by atoms with Gasteiger partial charge in [0, 0.05) is 10.0 Å². The second kappa shape index (κ2) is 3.59. The molecule has 72 valence electrons. The van der Waals surface area contributed by atoms with Crippen molar-refractivity contribution in [1.82, 2.24) is 4.98 Å². The van der Waals surface area contributed by atoms with E-state index in [-0.39, 0.29) is 0 Å². The van der Waals surface area contributed by atoms with Crippen LogP contribution in [0.15, 0.2) is 28.7 Å². The average Bonchev–Trinajstić information content (AvgIpc) is 2.47. The van der Waals surface area contributed by atoms with Crippen molar-refractivity contribution in [3.05, 3.63) is 28.7 Å². The number of nitrogens with zero attached hydrogens (tertiary/aromatic N) is 1. The van der Waals surface area contributed by atoms with E-state index < -0.39 is 0 Å². The van der Waals surface area contributed by atoms with Crippen molar-refractivity contribution in [2.45, 2.75) is 0 Å². The minimum absolute atomic E-state index is 0.500. The SMILES string of the molecule is Nc1nc(-c2ccc(Br)cc2)c(N)s1. The molecule has 0 aliphatic carbocycles. The molecule has 0 saturated heterocycles. The highest BCUT2D eigenvalue weighted by Gasteiger charge is 2.07. The Kier molecular flexibility index (Phi) is 2.43. The Hall–Kier alpha value is -1.07. The van der Waals surface area contributed by atoms with Gasteiger partial charge in [0.1, 0.15) is 10.7 Å². The highest BCUT2D eigenvalue weighted by molar-refractivity contribution is 9.10. The molecule has 0 saturated carbocycles. The van der Waals surface area contributed by atoms with Crippen LogP contribution in [0.1, 0.15) is 0 Å². The lowest BCUT2D eigenvalue weighted by Gasteiger charge is -1.97. The third-order valence-corrected chi connectivity index (χ3v) is 3.03. The van der Waals surface area contributed by atoms with Crippen LogP contribution in [0.2, 0.25) is 0 Å². The summed E-state index contributed by atoms with van der Waals surface area (Å²) in [6.45, 7) is 0. The fourth-order valence-corrected chi connectivity index (χ4v) is 2.05. The number of benzene rings is 1. The van der Waals surface area contributed by atoms with Gasteiger partial charge in [0.15, 0.2) is 5.13 Å². The van der Waals surface area contributed by atoms with Gasteiger partial charge < -0.3 is 11.5 Å². The minimum Gasteiger partial charge on any atom is -0.389 e. The van der Waals surface area contributed by atoms with E-state index in [9.17, 15) is 0 Å². The highest BCUT2D eigenvalue weighted by atomic mass is 79.9. The van der Waals surface area contributed by atoms with E-state index in [1.165, 1.54) is 11.3 Å². The van der Waals surface area contributed by atoms with E-state index in [0.29, 0.717) is 10.1 Å². The van der Waals surface area contributed by atoms with Crippen molar-refractivity contribution in [3.63, 3.8) is 0 Å². The van der Waals surface area contributed by atoms with Gasteiger partial charge in [-0.3, -0.25) is 0 Å². The maximum Gasteiger partial charge on any atom is 0.182 e. The summed E-state index contributed by atoms with van der Waals surface area (Å²) in [5, 5.41) is 1.16. The first-order chi connectivity index (χ1) is 6.66. The van der Waals surface area contributed by atoms with Crippen LogP contribution in [-0.4, -0.2) is 4.98 Å². The predicted molar refractivity (Wildman–Crippen MR) is 64.1 cm³/mol. The molecular weight excluding hydrogens is 262 g/mol. The Morgan fingerprint density at radius 1 is 1.14 bits per heavy atom. The molecule has 3 nitrogen and oxygen atoms in total. The average molecular weight is 270 g/mol. The molecular formula is C9H8BrN3S. The van der Waals surface area contributed by atoms with E-state index in [2.05, 4.69) is 20.9 Å². The molecule has 0 atom stereocenters. The van der Waals surface area contributed by atoms with Crippen LogP contribution in [0.25, 0.3) is 11.3 Å². The summed E-state index contributed by atoms with van der Waals surface area (Å²) >= 11 is 4.67. The summed E-state index contributed by atoms with van der Waals surface area (Å²) in [5.41, 5.74) is 13.1. The molecule has 0 bridgehead atoms. The van der Waals surface area contributed by atoms with Gasteiger partial charge in [-0.2, -0.15) is 0 Å². The number of aromatic nitrogens is 1. The van der Waals surface area contributed by atoms with Crippen LogP contribution in [0.5, 0.6) is 0 Å². The van der Waals surface area contributed by atoms with Crippen molar-refractivity contribution in [2.24, 2.45) is 0 Å². The van der Waals surface area contributed by atoms with E-state index >= 15 is 0 Å². The predicted octanol–water partition coefficient (Wildman–Crippen LogP) is 2.74. The third kappa shape index (κ3) is 1.73. The zero-order valence-corrected chi connectivity index (χ0v) is 9.60. The first-order valence-corrected chi connectivity index (χ1v) is 5.55. The van der Waals surface area contributed by atoms with Gasteiger partial charge in [-0.1, -0.05) is 39.4 Å². The fourth-order valence-electron chi connectivity index (χ4n) is 1.16. The Balaban J connectivity index is 2.49. The lowest BCUT2D eigenvalue weighted by molar-refractivity contribution is 1.41. The molecule has 2 rings (SSSR count). The van der Waals surface area contributed by atoms with Gasteiger partial charge in [-0.05, 0) is 12.1 Å². The van der Waals surface area contributed by atoms with Crippen molar-refractivity contribution < 1.29 is 0 Å². The van der Waals surface area contributed by atoms with Gasteiger partial charge in [-0.25, -0.2) is 4.98 Å². The summed E-state index contributed by atoms with van der Waals surface area (Å²) < 4.78 is 1.03. The van der Waals surface area contributed by atoms with Gasteiger partial charge >= 0.3 is 0 Å². The Morgan fingerprint density at radius 3 is 2.29 bits per heavy atom. The standard InChI is InChI=1S/C9H8BrN3S/c10-6-3-1-5(2-4-6)7-8(11)14-9(12)13-7/h1-4H,11H2,(H2,12,13). The number of thiazole rings is 1. The second-order valence-electron chi connectivity index (χ2n) is 2.77. The van der Waals surface area contributed by atoms with Crippen LogP contribution in [0, 0.1) is 0 Å². The number of hydrogen-bond acceptors (Lipinski definition) is 4. The molecule has 1 aromatic carbocycles. The Labute approximate surface area is 93.9 Å². The molecule has 4 N–H and O–H groups in total. The number of anilines is 2. The van der Waals surface area contributed by atoms with Crippen LogP contribution < -0.4 is 11.5 Å². The summed E-state index contributed by atoms with van der Waals surface area (Å²) in [6.07, 6.45) is 0. The quantitative estimate of drug-likeness (QED) is 0.837. The monoisotopic (exact) mass is 269 g/mol. The normalized spacial score (nSPS) is 10.4. The van der Waals surface area contributed by atoms with Gasteiger partial charge in [0.2, 0.25) is 0 Å². The molecule has 0 aliphatic rings. The minimum atomic E-state index is 0.500. The van der Waals surface area contributed by atoms with Gasteiger partial charge in [-0.15, -0.1) is 0 Å². The van der Waals surface area contributed by atoms with Crippen LogP contribution in [0.4, 0.5) is 10.1 Å². The zero-order valence-electron chi connectivity index (χ0n) is 7.20.